The molecule has 0 aliphatic rings. The van der Waals surface area contributed by atoms with Crippen LogP contribution in [0.4, 0.5) is 0 Å². The van der Waals surface area contributed by atoms with Gasteiger partial charge in [-0.15, -0.1) is 0 Å². The van der Waals surface area contributed by atoms with Crippen LogP contribution in [0.3, 0.4) is 0 Å². The molecule has 0 aliphatic carbocycles. The summed E-state index contributed by atoms with van der Waals surface area (Å²) in [6.07, 6.45) is 3.37. The monoisotopic (exact) mass is 189 g/mol. The maximum atomic E-state index is 3.97. The second kappa shape index (κ2) is 7.77. The quantitative estimate of drug-likeness (QED) is 0.624. The first-order valence-corrected chi connectivity index (χ1v) is 3.54. The molecule has 0 fully saturated rings. The van der Waals surface area contributed by atoms with E-state index in [-0.39, 0.29) is 18.6 Å². The van der Waals surface area contributed by atoms with Gasteiger partial charge in [-0.05, 0) is 19.4 Å². The van der Waals surface area contributed by atoms with E-state index in [0.717, 1.165) is 11.3 Å². The molecule has 1 rings (SSSR count). The number of aryl methyl sites for hydroxylation is 2. The Hall–Kier alpha value is -0.336. The fourth-order valence-corrected chi connectivity index (χ4v) is 0.460. The Bertz CT molecular complexity index is 168. The van der Waals surface area contributed by atoms with E-state index in [2.05, 4.69) is 9.97 Å². The van der Waals surface area contributed by atoms with E-state index in [9.17, 15) is 0 Å². The summed E-state index contributed by atoms with van der Waals surface area (Å²) in [6.45, 7) is 7.96. The molecule has 1 aromatic heterocycles. The summed E-state index contributed by atoms with van der Waals surface area (Å²) in [6, 6.07) is 0. The standard InChI is InChI=1S/C6H8N2.C2H6.V/c1-5-3-7-4-8-6(5)2;1-2;/h3-4H,1-2H3;1-2H3;. The van der Waals surface area contributed by atoms with E-state index in [1.165, 1.54) is 0 Å². The fraction of sp³-hybridized carbons (Fsp3) is 0.500. The minimum atomic E-state index is 0. The molecular formula is C8H14N2V. The number of hydrogen-bond acceptors (Lipinski definition) is 2. The van der Waals surface area contributed by atoms with Gasteiger partial charge in [0, 0.05) is 30.4 Å². The summed E-state index contributed by atoms with van der Waals surface area (Å²) >= 11 is 0. The van der Waals surface area contributed by atoms with Crippen LogP contribution in [0.1, 0.15) is 25.1 Å². The molecule has 0 amide bonds. The average molecular weight is 189 g/mol. The minimum absolute atomic E-state index is 0. The predicted molar refractivity (Wildman–Crippen MR) is 42.9 cm³/mol. The van der Waals surface area contributed by atoms with Gasteiger partial charge in [-0.1, -0.05) is 13.8 Å². The van der Waals surface area contributed by atoms with Crippen LogP contribution >= 0.6 is 0 Å². The maximum Gasteiger partial charge on any atom is 0.115 e. The minimum Gasteiger partial charge on any atom is -0.245 e. The molecule has 0 aliphatic heterocycles. The molecule has 1 aromatic rings. The summed E-state index contributed by atoms with van der Waals surface area (Å²) in [5.74, 6) is 0. The Morgan fingerprint density at radius 1 is 1.18 bits per heavy atom. The number of hydrogen-bond donors (Lipinski definition) is 0. The van der Waals surface area contributed by atoms with Crippen LogP contribution in [-0.4, -0.2) is 9.97 Å². The summed E-state index contributed by atoms with van der Waals surface area (Å²) < 4.78 is 0. The molecule has 11 heavy (non-hydrogen) atoms. The van der Waals surface area contributed by atoms with Crippen molar-refractivity contribution in [3.05, 3.63) is 23.8 Å². The van der Waals surface area contributed by atoms with Gasteiger partial charge < -0.3 is 0 Å². The smallest absolute Gasteiger partial charge is 0.115 e. The number of rotatable bonds is 0. The Labute approximate surface area is 80.3 Å². The van der Waals surface area contributed by atoms with E-state index in [1.807, 2.05) is 33.9 Å². The van der Waals surface area contributed by atoms with Gasteiger partial charge in [0.2, 0.25) is 0 Å². The van der Waals surface area contributed by atoms with Crippen LogP contribution in [0.15, 0.2) is 12.5 Å². The van der Waals surface area contributed by atoms with E-state index < -0.39 is 0 Å². The topological polar surface area (TPSA) is 25.8 Å². The summed E-state index contributed by atoms with van der Waals surface area (Å²) in [5.41, 5.74) is 2.20. The van der Waals surface area contributed by atoms with Gasteiger partial charge in [0.25, 0.3) is 0 Å². The third kappa shape index (κ3) is 4.99. The SMILES string of the molecule is CC.Cc1cncnc1C.[V]. The molecular weight excluding hydrogens is 175 g/mol. The predicted octanol–water partition coefficient (Wildman–Crippen LogP) is 2.12. The Morgan fingerprint density at radius 2 is 1.73 bits per heavy atom. The van der Waals surface area contributed by atoms with Crippen molar-refractivity contribution in [1.29, 1.82) is 0 Å². The van der Waals surface area contributed by atoms with Crippen molar-refractivity contribution in [2.45, 2.75) is 27.7 Å². The molecule has 0 bridgehead atoms. The van der Waals surface area contributed by atoms with Crippen LogP contribution in [0.2, 0.25) is 0 Å². The van der Waals surface area contributed by atoms with Crippen LogP contribution in [0.5, 0.6) is 0 Å². The maximum absolute atomic E-state index is 3.97. The number of aromatic nitrogens is 2. The van der Waals surface area contributed by atoms with Crippen LogP contribution in [0.25, 0.3) is 0 Å². The van der Waals surface area contributed by atoms with Crippen molar-refractivity contribution in [2.24, 2.45) is 0 Å². The Morgan fingerprint density at radius 3 is 2.00 bits per heavy atom. The molecule has 1 radical (unpaired) electrons. The second-order valence-electron chi connectivity index (χ2n) is 1.79. The van der Waals surface area contributed by atoms with Crippen LogP contribution < -0.4 is 0 Å². The molecule has 0 N–H and O–H groups in total. The van der Waals surface area contributed by atoms with Crippen molar-refractivity contribution in [1.82, 2.24) is 9.97 Å². The van der Waals surface area contributed by atoms with Gasteiger partial charge in [-0.25, -0.2) is 9.97 Å². The second-order valence-corrected chi connectivity index (χ2v) is 1.79. The average Bonchev–Trinajstić information content (AvgIpc) is 2.00. The molecule has 3 heteroatoms. The van der Waals surface area contributed by atoms with E-state index in [4.69, 9.17) is 0 Å². The molecule has 0 saturated heterocycles. The van der Waals surface area contributed by atoms with Crippen molar-refractivity contribution < 1.29 is 18.6 Å². The number of nitrogens with zero attached hydrogens (tertiary/aromatic N) is 2. The Balaban J connectivity index is 0. The molecule has 0 aromatic carbocycles. The van der Waals surface area contributed by atoms with Crippen molar-refractivity contribution >= 4 is 0 Å². The van der Waals surface area contributed by atoms with Crippen molar-refractivity contribution in [3.8, 4) is 0 Å². The molecule has 1 heterocycles. The largest absolute Gasteiger partial charge is 0.245 e. The normalized spacial score (nSPS) is 7.27. The molecule has 2 nitrogen and oxygen atoms in total. The molecule has 0 spiro atoms. The first-order chi connectivity index (χ1) is 4.80. The fourth-order valence-electron chi connectivity index (χ4n) is 0.460. The molecule has 0 saturated carbocycles. The zero-order valence-corrected chi connectivity index (χ0v) is 8.89. The van der Waals surface area contributed by atoms with Gasteiger partial charge in [-0.3, -0.25) is 0 Å². The summed E-state index contributed by atoms with van der Waals surface area (Å²) in [4.78, 5) is 7.80. The van der Waals surface area contributed by atoms with Crippen LogP contribution in [0, 0.1) is 13.8 Å². The van der Waals surface area contributed by atoms with Gasteiger partial charge in [0.05, 0.1) is 0 Å². The third-order valence-electron chi connectivity index (χ3n) is 1.16. The Kier molecular flexibility index (Phi) is 9.37. The van der Waals surface area contributed by atoms with Gasteiger partial charge >= 0.3 is 0 Å². The zero-order valence-electron chi connectivity index (χ0n) is 7.50. The van der Waals surface area contributed by atoms with Crippen molar-refractivity contribution in [2.75, 3.05) is 0 Å². The molecule has 0 atom stereocenters. The molecule has 0 unspecified atom stereocenters. The zero-order chi connectivity index (χ0) is 7.98. The summed E-state index contributed by atoms with van der Waals surface area (Å²) in [7, 11) is 0. The first kappa shape index (κ1) is 13.3. The van der Waals surface area contributed by atoms with E-state index >= 15 is 0 Å². The molecule has 61 valence electrons. The van der Waals surface area contributed by atoms with Crippen molar-refractivity contribution in [3.63, 3.8) is 0 Å². The third-order valence-corrected chi connectivity index (χ3v) is 1.16. The van der Waals surface area contributed by atoms with Gasteiger partial charge in [-0.2, -0.15) is 0 Å². The first-order valence-electron chi connectivity index (χ1n) is 3.54. The van der Waals surface area contributed by atoms with Gasteiger partial charge in [0.1, 0.15) is 6.33 Å². The summed E-state index contributed by atoms with van der Waals surface area (Å²) in [5, 5.41) is 0. The van der Waals surface area contributed by atoms with E-state index in [1.54, 1.807) is 6.33 Å². The van der Waals surface area contributed by atoms with E-state index in [0.29, 0.717) is 0 Å². The van der Waals surface area contributed by atoms with Crippen LogP contribution in [-0.2, 0) is 18.6 Å². The van der Waals surface area contributed by atoms with Gasteiger partial charge in [0.15, 0.2) is 0 Å².